The molecule has 0 atom stereocenters. The number of hydrogen-bond donors (Lipinski definition) is 1. The van der Waals surface area contributed by atoms with Crippen LogP contribution in [-0.2, 0) is 13.1 Å². The molecule has 0 saturated heterocycles. The van der Waals surface area contributed by atoms with Crippen LogP contribution in [0.15, 0.2) is 36.7 Å². The van der Waals surface area contributed by atoms with Crippen molar-refractivity contribution in [2.75, 3.05) is 0 Å². The lowest BCUT2D eigenvalue weighted by atomic mass is 10.1. The fraction of sp³-hybridized carbons (Fsp3) is 0.267. The SMILES string of the molecule is Cc1ccc(F)c(CNCc2cnccc2C)c1. The summed E-state index contributed by atoms with van der Waals surface area (Å²) in [4.78, 5) is 4.09. The molecule has 0 aliphatic carbocycles. The summed E-state index contributed by atoms with van der Waals surface area (Å²) in [6.07, 6.45) is 3.62. The van der Waals surface area contributed by atoms with Crippen LogP contribution in [0.3, 0.4) is 0 Å². The maximum atomic E-state index is 13.5. The first-order chi connectivity index (χ1) is 8.66. The highest BCUT2D eigenvalue weighted by Gasteiger charge is 2.02. The Bertz CT molecular complexity index is 538. The third kappa shape index (κ3) is 3.14. The van der Waals surface area contributed by atoms with Gasteiger partial charge in [0.1, 0.15) is 5.82 Å². The van der Waals surface area contributed by atoms with Crippen molar-refractivity contribution < 1.29 is 4.39 Å². The van der Waals surface area contributed by atoms with E-state index < -0.39 is 0 Å². The van der Waals surface area contributed by atoms with E-state index in [2.05, 4.69) is 10.3 Å². The van der Waals surface area contributed by atoms with Crippen molar-refractivity contribution in [2.45, 2.75) is 26.9 Å². The molecule has 3 heteroatoms. The molecule has 0 aliphatic heterocycles. The maximum Gasteiger partial charge on any atom is 0.127 e. The molecule has 0 spiro atoms. The number of halogens is 1. The monoisotopic (exact) mass is 244 g/mol. The summed E-state index contributed by atoms with van der Waals surface area (Å²) in [5, 5.41) is 3.25. The summed E-state index contributed by atoms with van der Waals surface area (Å²) in [7, 11) is 0. The van der Waals surface area contributed by atoms with Crippen LogP contribution in [0.25, 0.3) is 0 Å². The van der Waals surface area contributed by atoms with E-state index >= 15 is 0 Å². The maximum absolute atomic E-state index is 13.5. The fourth-order valence-corrected chi connectivity index (χ4v) is 1.85. The zero-order chi connectivity index (χ0) is 13.0. The molecule has 2 rings (SSSR count). The second kappa shape index (κ2) is 5.74. The third-order valence-corrected chi connectivity index (χ3v) is 2.98. The van der Waals surface area contributed by atoms with E-state index in [0.717, 1.165) is 11.1 Å². The number of aromatic nitrogens is 1. The van der Waals surface area contributed by atoms with E-state index in [0.29, 0.717) is 18.7 Å². The lowest BCUT2D eigenvalue weighted by molar-refractivity contribution is 0.586. The van der Waals surface area contributed by atoms with Gasteiger partial charge in [0, 0.05) is 31.0 Å². The second-order valence-corrected chi connectivity index (χ2v) is 4.50. The minimum Gasteiger partial charge on any atom is -0.308 e. The molecule has 1 N–H and O–H groups in total. The Morgan fingerprint density at radius 1 is 1.11 bits per heavy atom. The molecule has 18 heavy (non-hydrogen) atoms. The van der Waals surface area contributed by atoms with Crippen LogP contribution in [0.1, 0.15) is 22.3 Å². The molecule has 0 radical (unpaired) electrons. The lowest BCUT2D eigenvalue weighted by Crippen LogP contribution is -2.14. The average Bonchev–Trinajstić information content (AvgIpc) is 2.36. The molecule has 0 fully saturated rings. The van der Waals surface area contributed by atoms with Gasteiger partial charge < -0.3 is 5.32 Å². The van der Waals surface area contributed by atoms with Crippen LogP contribution in [0, 0.1) is 19.7 Å². The molecule has 0 amide bonds. The molecule has 0 unspecified atom stereocenters. The van der Waals surface area contributed by atoms with E-state index in [1.54, 1.807) is 12.3 Å². The number of aryl methyl sites for hydroxylation is 2. The molecule has 0 bridgehead atoms. The van der Waals surface area contributed by atoms with Crippen LogP contribution >= 0.6 is 0 Å². The van der Waals surface area contributed by atoms with Crippen molar-refractivity contribution >= 4 is 0 Å². The average molecular weight is 244 g/mol. The van der Waals surface area contributed by atoms with Crippen molar-refractivity contribution in [3.8, 4) is 0 Å². The fourth-order valence-electron chi connectivity index (χ4n) is 1.85. The molecule has 2 aromatic rings. The van der Waals surface area contributed by atoms with Gasteiger partial charge in [-0.25, -0.2) is 4.39 Å². The van der Waals surface area contributed by atoms with Crippen LogP contribution in [-0.4, -0.2) is 4.98 Å². The van der Waals surface area contributed by atoms with Crippen LogP contribution in [0.5, 0.6) is 0 Å². The van der Waals surface area contributed by atoms with Crippen molar-refractivity contribution in [3.05, 3.63) is 64.7 Å². The zero-order valence-corrected chi connectivity index (χ0v) is 10.7. The second-order valence-electron chi connectivity index (χ2n) is 4.50. The van der Waals surface area contributed by atoms with Gasteiger partial charge in [-0.15, -0.1) is 0 Å². The molecule has 1 aromatic heterocycles. The topological polar surface area (TPSA) is 24.9 Å². The Morgan fingerprint density at radius 3 is 2.67 bits per heavy atom. The largest absolute Gasteiger partial charge is 0.308 e. The van der Waals surface area contributed by atoms with Crippen LogP contribution in [0.2, 0.25) is 0 Å². The van der Waals surface area contributed by atoms with Gasteiger partial charge in [-0.3, -0.25) is 4.98 Å². The number of benzene rings is 1. The van der Waals surface area contributed by atoms with Crippen LogP contribution in [0.4, 0.5) is 4.39 Å². The van der Waals surface area contributed by atoms with E-state index in [1.807, 2.05) is 32.2 Å². The van der Waals surface area contributed by atoms with Gasteiger partial charge in [-0.1, -0.05) is 17.7 Å². The normalized spacial score (nSPS) is 10.6. The Morgan fingerprint density at radius 2 is 1.89 bits per heavy atom. The molecule has 94 valence electrons. The van der Waals surface area contributed by atoms with Gasteiger partial charge in [0.2, 0.25) is 0 Å². The quantitative estimate of drug-likeness (QED) is 0.893. The van der Waals surface area contributed by atoms with E-state index in [9.17, 15) is 4.39 Å². The summed E-state index contributed by atoms with van der Waals surface area (Å²) in [5.41, 5.74) is 4.12. The summed E-state index contributed by atoms with van der Waals surface area (Å²) >= 11 is 0. The van der Waals surface area contributed by atoms with Gasteiger partial charge in [-0.2, -0.15) is 0 Å². The number of hydrogen-bond acceptors (Lipinski definition) is 2. The van der Waals surface area contributed by atoms with Crippen molar-refractivity contribution in [1.29, 1.82) is 0 Å². The van der Waals surface area contributed by atoms with E-state index in [4.69, 9.17) is 0 Å². The highest BCUT2D eigenvalue weighted by molar-refractivity contribution is 5.24. The molecule has 2 nitrogen and oxygen atoms in total. The van der Waals surface area contributed by atoms with Crippen molar-refractivity contribution in [1.82, 2.24) is 10.3 Å². The molecule has 0 saturated carbocycles. The first-order valence-corrected chi connectivity index (χ1v) is 6.02. The molecular weight excluding hydrogens is 227 g/mol. The van der Waals surface area contributed by atoms with Gasteiger partial charge in [-0.05, 0) is 37.1 Å². The van der Waals surface area contributed by atoms with E-state index in [-0.39, 0.29) is 5.82 Å². The Labute approximate surface area is 107 Å². The zero-order valence-electron chi connectivity index (χ0n) is 10.7. The number of nitrogens with zero attached hydrogens (tertiary/aromatic N) is 1. The minimum absolute atomic E-state index is 0.156. The number of pyridine rings is 1. The standard InChI is InChI=1S/C15H17FN2/c1-11-3-4-15(16)13(7-11)8-18-10-14-9-17-6-5-12(14)2/h3-7,9,18H,8,10H2,1-2H3. The first-order valence-electron chi connectivity index (χ1n) is 6.02. The molecule has 1 heterocycles. The smallest absolute Gasteiger partial charge is 0.127 e. The Balaban J connectivity index is 1.96. The summed E-state index contributed by atoms with van der Waals surface area (Å²) < 4.78 is 13.5. The number of nitrogens with one attached hydrogen (secondary N) is 1. The Kier molecular flexibility index (Phi) is 4.05. The first kappa shape index (κ1) is 12.7. The lowest BCUT2D eigenvalue weighted by Gasteiger charge is -2.08. The van der Waals surface area contributed by atoms with Gasteiger partial charge in [0.15, 0.2) is 0 Å². The summed E-state index contributed by atoms with van der Waals surface area (Å²) in [5.74, 6) is -0.156. The van der Waals surface area contributed by atoms with Crippen molar-refractivity contribution in [3.63, 3.8) is 0 Å². The number of rotatable bonds is 4. The van der Waals surface area contributed by atoms with Crippen molar-refractivity contribution in [2.24, 2.45) is 0 Å². The highest BCUT2D eigenvalue weighted by Crippen LogP contribution is 2.10. The predicted molar refractivity (Wildman–Crippen MR) is 70.7 cm³/mol. The van der Waals surface area contributed by atoms with E-state index in [1.165, 1.54) is 11.6 Å². The summed E-state index contributed by atoms with van der Waals surface area (Å²) in [6.45, 7) is 5.25. The van der Waals surface area contributed by atoms with Gasteiger partial charge in [0.25, 0.3) is 0 Å². The van der Waals surface area contributed by atoms with Crippen LogP contribution < -0.4 is 5.32 Å². The molecule has 1 aromatic carbocycles. The highest BCUT2D eigenvalue weighted by atomic mass is 19.1. The minimum atomic E-state index is -0.156. The van der Waals surface area contributed by atoms with Gasteiger partial charge >= 0.3 is 0 Å². The predicted octanol–water partition coefficient (Wildman–Crippen LogP) is 3.13. The molecule has 0 aliphatic rings. The third-order valence-electron chi connectivity index (χ3n) is 2.98. The molecular formula is C15H17FN2. The summed E-state index contributed by atoms with van der Waals surface area (Å²) in [6, 6.07) is 7.15. The van der Waals surface area contributed by atoms with Gasteiger partial charge in [0.05, 0.1) is 0 Å². The Hall–Kier alpha value is -1.74.